The van der Waals surface area contributed by atoms with Gasteiger partial charge in [0.1, 0.15) is 55.4 Å². The van der Waals surface area contributed by atoms with E-state index < -0.39 is 80.3 Å². The van der Waals surface area contributed by atoms with Gasteiger partial charge in [0, 0.05) is 20.1 Å². The molecule has 4 fully saturated rings. The number of aliphatic hydroxyl groups excluding tert-OH is 9. The van der Waals surface area contributed by atoms with Crippen LogP contribution in [0.3, 0.4) is 0 Å². The molecule has 0 spiro atoms. The van der Waals surface area contributed by atoms with Crippen LogP contribution in [-0.4, -0.2) is 183 Å². The number of ether oxygens (including phenoxy) is 4. The van der Waals surface area contributed by atoms with Crippen molar-refractivity contribution in [1.29, 1.82) is 0 Å². The standard InChI is InChI=1S/C48H84N2O15/c1-27(2)9-7-10-28(3)32-13-14-33-31-12-11-29-23-30(15-17-47(29,4)34(31)16-18-48(32,33)5)63-22-21-62-26-37(54)50(6)20-8-19-49-45(61)42(59)41(58)44(38(55)35(53)24-51)65-46-43(60)40(57)39(56)36(25-52)64-46/h11,27-28,30-36,38-44,46,51-53,55-60H,7-10,12-26H2,1-6H3,(H,49,61)/t28-,30+,31+,32-,33+,34+,35+,36-,38-,39-,40+,41+,42?,43-,44+,46+,47+,48-/m1/s1. The molecule has 5 rings (SSSR count). The predicted molar refractivity (Wildman–Crippen MR) is 239 cm³/mol. The van der Waals surface area contributed by atoms with Crippen molar-refractivity contribution in [3.63, 3.8) is 0 Å². The lowest BCUT2D eigenvalue weighted by molar-refractivity contribution is -0.328. The molecular formula is C48H84N2O15. The van der Waals surface area contributed by atoms with E-state index in [1.807, 2.05) is 0 Å². The third kappa shape index (κ3) is 12.7. The maximum absolute atomic E-state index is 12.8. The smallest absolute Gasteiger partial charge is 0.251 e. The van der Waals surface area contributed by atoms with Gasteiger partial charge in [-0.05, 0) is 104 Å². The van der Waals surface area contributed by atoms with Crippen molar-refractivity contribution in [2.75, 3.05) is 53.2 Å². The Morgan fingerprint density at radius 3 is 2.34 bits per heavy atom. The fourth-order valence-electron chi connectivity index (χ4n) is 12.5. The van der Waals surface area contributed by atoms with Crippen LogP contribution in [0.1, 0.15) is 112 Å². The van der Waals surface area contributed by atoms with Gasteiger partial charge in [-0.25, -0.2) is 0 Å². The van der Waals surface area contributed by atoms with Crippen LogP contribution >= 0.6 is 0 Å². The highest BCUT2D eigenvalue weighted by Crippen LogP contribution is 2.67. The molecule has 376 valence electrons. The van der Waals surface area contributed by atoms with Crippen LogP contribution in [0, 0.1) is 46.3 Å². The number of nitrogens with one attached hydrogen (secondary N) is 1. The summed E-state index contributed by atoms with van der Waals surface area (Å²) in [6.07, 6.45) is -2.79. The summed E-state index contributed by atoms with van der Waals surface area (Å²) in [7, 11) is 1.59. The number of aliphatic hydroxyl groups is 9. The molecule has 1 saturated heterocycles. The molecule has 2 amide bonds. The molecule has 0 aromatic rings. The summed E-state index contributed by atoms with van der Waals surface area (Å²) >= 11 is 0. The van der Waals surface area contributed by atoms with E-state index in [9.17, 15) is 55.5 Å². The van der Waals surface area contributed by atoms with Crippen LogP contribution in [0.25, 0.3) is 0 Å². The normalized spacial score (nSPS) is 36.3. The number of hydrogen-bond acceptors (Lipinski definition) is 15. The van der Waals surface area contributed by atoms with E-state index in [2.05, 4.69) is 46.0 Å². The molecule has 0 aromatic heterocycles. The van der Waals surface area contributed by atoms with Crippen LogP contribution < -0.4 is 5.32 Å². The van der Waals surface area contributed by atoms with E-state index in [0.29, 0.717) is 12.0 Å². The lowest BCUT2D eigenvalue weighted by Gasteiger charge is -2.58. The average Bonchev–Trinajstić information content (AvgIpc) is 3.65. The molecule has 18 atom stereocenters. The minimum Gasteiger partial charge on any atom is -0.394 e. The van der Waals surface area contributed by atoms with Gasteiger partial charge in [-0.3, -0.25) is 9.59 Å². The Morgan fingerprint density at radius 1 is 0.908 bits per heavy atom. The van der Waals surface area contributed by atoms with Gasteiger partial charge in [0.25, 0.3) is 5.91 Å². The van der Waals surface area contributed by atoms with E-state index in [-0.39, 0.29) is 50.2 Å². The first-order valence-electron chi connectivity index (χ1n) is 24.5. The van der Waals surface area contributed by atoms with Crippen LogP contribution in [0.5, 0.6) is 0 Å². The van der Waals surface area contributed by atoms with Crippen LogP contribution in [0.2, 0.25) is 0 Å². The highest BCUT2D eigenvalue weighted by molar-refractivity contribution is 5.81. The van der Waals surface area contributed by atoms with Gasteiger partial charge < -0.3 is 75.1 Å². The van der Waals surface area contributed by atoms with Crippen molar-refractivity contribution in [1.82, 2.24) is 10.2 Å². The lowest BCUT2D eigenvalue weighted by Crippen LogP contribution is -2.62. The van der Waals surface area contributed by atoms with Crippen LogP contribution in [0.4, 0.5) is 0 Å². The molecule has 0 bridgehead atoms. The summed E-state index contributed by atoms with van der Waals surface area (Å²) in [6, 6.07) is 0. The molecule has 17 heteroatoms. The van der Waals surface area contributed by atoms with Gasteiger partial charge in [-0.15, -0.1) is 0 Å². The zero-order chi connectivity index (χ0) is 47.8. The van der Waals surface area contributed by atoms with Crippen molar-refractivity contribution in [2.45, 2.75) is 179 Å². The van der Waals surface area contributed by atoms with Gasteiger partial charge in [0.15, 0.2) is 12.4 Å². The number of rotatable bonds is 24. The van der Waals surface area contributed by atoms with Crippen molar-refractivity contribution in [3.8, 4) is 0 Å². The number of nitrogens with zero attached hydrogens (tertiary/aromatic N) is 1. The lowest BCUT2D eigenvalue weighted by atomic mass is 9.47. The van der Waals surface area contributed by atoms with E-state index in [0.717, 1.165) is 54.8 Å². The first-order valence-corrected chi connectivity index (χ1v) is 24.5. The van der Waals surface area contributed by atoms with Crippen molar-refractivity contribution < 1.29 is 74.5 Å². The third-order valence-corrected chi connectivity index (χ3v) is 16.4. The second-order valence-corrected chi connectivity index (χ2v) is 21.0. The second kappa shape index (κ2) is 24.1. The quantitative estimate of drug-likeness (QED) is 0.0479. The summed E-state index contributed by atoms with van der Waals surface area (Å²) in [5.41, 5.74) is 2.30. The molecule has 17 nitrogen and oxygen atoms in total. The number of hydrogen-bond donors (Lipinski definition) is 10. The number of carbonyl (C=O) groups is 2. The Bertz CT molecular complexity index is 1540. The second-order valence-electron chi connectivity index (χ2n) is 21.0. The largest absolute Gasteiger partial charge is 0.394 e. The average molecular weight is 929 g/mol. The first-order chi connectivity index (χ1) is 30.8. The number of likely N-dealkylation sites (N-methyl/N-ethyl adjacent to an activating group) is 1. The predicted octanol–water partition coefficient (Wildman–Crippen LogP) is 1.02. The Hall–Kier alpha value is -1.84. The molecule has 10 N–H and O–H groups in total. The highest BCUT2D eigenvalue weighted by atomic mass is 16.7. The molecule has 4 aliphatic carbocycles. The molecule has 0 radical (unpaired) electrons. The van der Waals surface area contributed by atoms with Crippen LogP contribution in [-0.2, 0) is 28.5 Å². The zero-order valence-corrected chi connectivity index (χ0v) is 39.7. The first kappa shape index (κ1) is 54.1. The Labute approximate surface area is 385 Å². The summed E-state index contributed by atoms with van der Waals surface area (Å²) in [4.78, 5) is 27.0. The van der Waals surface area contributed by atoms with Crippen molar-refractivity contribution in [2.24, 2.45) is 46.3 Å². The summed E-state index contributed by atoms with van der Waals surface area (Å²) < 4.78 is 22.6. The maximum Gasteiger partial charge on any atom is 0.251 e. The van der Waals surface area contributed by atoms with E-state index in [1.165, 1.54) is 56.3 Å². The summed E-state index contributed by atoms with van der Waals surface area (Å²) in [5.74, 6) is 3.44. The molecule has 1 aliphatic heterocycles. The third-order valence-electron chi connectivity index (χ3n) is 16.4. The maximum atomic E-state index is 12.8. The Morgan fingerprint density at radius 2 is 1.65 bits per heavy atom. The van der Waals surface area contributed by atoms with Gasteiger partial charge in [-0.1, -0.05) is 65.5 Å². The van der Waals surface area contributed by atoms with Gasteiger partial charge in [-0.2, -0.15) is 0 Å². The van der Waals surface area contributed by atoms with Crippen molar-refractivity contribution in [3.05, 3.63) is 11.6 Å². The van der Waals surface area contributed by atoms with Gasteiger partial charge in [0.2, 0.25) is 5.91 Å². The molecule has 1 unspecified atom stereocenters. The topological polar surface area (TPSA) is 268 Å². The number of fused-ring (bicyclic) bond motifs is 5. The summed E-state index contributed by atoms with van der Waals surface area (Å²) in [6.45, 7) is 11.3. The fraction of sp³-hybridized carbons (Fsp3) is 0.917. The molecule has 65 heavy (non-hydrogen) atoms. The fourth-order valence-corrected chi connectivity index (χ4v) is 12.5. The zero-order valence-electron chi connectivity index (χ0n) is 39.7. The minimum atomic E-state index is -2.27. The Kier molecular flexibility index (Phi) is 20.1. The number of amides is 2. The minimum absolute atomic E-state index is 0.0361. The SMILES string of the molecule is CC(C)CCC[C@@H](C)[C@H]1CC[C@H]2[C@@H]3CC=C4C[C@@H](OCCOCC(=O)N(C)CCCNC(=O)C(O)[C@H](O)[C@@H](O[C@@H]5O[C@H](CO)[C@@H](O)[C@H](O)[C@H]5O)[C@H](O)[C@@H](O)CO)CC[C@]4(C)[C@H]3CC[C@]12C. The number of carbonyl (C=O) groups excluding carboxylic acids is 2. The molecule has 5 aliphatic rings. The molecule has 0 aromatic carbocycles. The molecular weight excluding hydrogens is 845 g/mol. The summed E-state index contributed by atoms with van der Waals surface area (Å²) in [5, 5.41) is 93.8. The van der Waals surface area contributed by atoms with Crippen LogP contribution in [0.15, 0.2) is 11.6 Å². The van der Waals surface area contributed by atoms with E-state index in [4.69, 9.17) is 18.9 Å². The van der Waals surface area contributed by atoms with E-state index >= 15 is 0 Å². The molecule has 3 saturated carbocycles. The van der Waals surface area contributed by atoms with E-state index in [1.54, 1.807) is 12.6 Å². The van der Waals surface area contributed by atoms with Gasteiger partial charge >= 0.3 is 0 Å². The Balaban J connectivity index is 0.989. The number of allylic oxidation sites excluding steroid dienone is 1. The highest BCUT2D eigenvalue weighted by Gasteiger charge is 2.59. The van der Waals surface area contributed by atoms with Crippen molar-refractivity contribution >= 4 is 11.8 Å². The monoisotopic (exact) mass is 929 g/mol. The van der Waals surface area contributed by atoms with Gasteiger partial charge in [0.05, 0.1) is 32.5 Å². The molecule has 1 heterocycles.